The van der Waals surface area contributed by atoms with E-state index in [0.29, 0.717) is 18.4 Å². The van der Waals surface area contributed by atoms with E-state index in [1.807, 2.05) is 19.1 Å². The number of imide groups is 1. The Morgan fingerprint density at radius 3 is 2.87 bits per heavy atom. The highest BCUT2D eigenvalue weighted by molar-refractivity contribution is 8.15. The number of nitrogens with one attached hydrogen (secondary N) is 1. The molecule has 160 valence electrons. The van der Waals surface area contributed by atoms with Crippen LogP contribution in [0.25, 0.3) is 11.5 Å². The molecule has 2 aromatic rings. The van der Waals surface area contributed by atoms with E-state index < -0.39 is 0 Å². The monoisotopic (exact) mass is 428 g/mol. The number of carbonyl (C=O) groups excluding carboxylic acids is 2. The second-order valence-electron chi connectivity index (χ2n) is 8.32. The van der Waals surface area contributed by atoms with E-state index in [9.17, 15) is 9.59 Å². The maximum atomic E-state index is 11.7. The van der Waals surface area contributed by atoms with Crippen molar-refractivity contribution in [2.75, 3.05) is 0 Å². The SMILES string of the molecule is Cc1cccc(-c2nc(COC3CCCC(CCC4SC(=O)NC4=O)C3)c(C)o2)c1. The summed E-state index contributed by atoms with van der Waals surface area (Å²) in [5.41, 5.74) is 3.01. The Kier molecular flexibility index (Phi) is 6.58. The van der Waals surface area contributed by atoms with Gasteiger partial charge >= 0.3 is 0 Å². The summed E-state index contributed by atoms with van der Waals surface area (Å²) in [6.07, 6.45) is 6.25. The van der Waals surface area contributed by atoms with Crippen LogP contribution in [-0.2, 0) is 16.1 Å². The van der Waals surface area contributed by atoms with Crippen LogP contribution in [0.4, 0.5) is 4.79 Å². The van der Waals surface area contributed by atoms with Crippen LogP contribution in [-0.4, -0.2) is 27.5 Å². The predicted molar refractivity (Wildman–Crippen MR) is 116 cm³/mol. The fourth-order valence-corrected chi connectivity index (χ4v) is 5.12. The van der Waals surface area contributed by atoms with Crippen LogP contribution in [0.5, 0.6) is 0 Å². The van der Waals surface area contributed by atoms with Crippen molar-refractivity contribution >= 4 is 22.9 Å². The average Bonchev–Trinajstić information content (AvgIpc) is 3.26. The highest BCUT2D eigenvalue weighted by atomic mass is 32.2. The maximum absolute atomic E-state index is 11.7. The van der Waals surface area contributed by atoms with Crippen LogP contribution < -0.4 is 5.32 Å². The topological polar surface area (TPSA) is 81.4 Å². The number of nitrogens with zero attached hydrogens (tertiary/aromatic N) is 1. The largest absolute Gasteiger partial charge is 0.441 e. The van der Waals surface area contributed by atoms with Crippen LogP contribution in [0.1, 0.15) is 55.5 Å². The van der Waals surface area contributed by atoms with Crippen LogP contribution in [0.15, 0.2) is 28.7 Å². The molecule has 1 aromatic carbocycles. The third-order valence-electron chi connectivity index (χ3n) is 5.95. The Morgan fingerprint density at radius 2 is 2.10 bits per heavy atom. The summed E-state index contributed by atoms with van der Waals surface area (Å²) < 4.78 is 12.1. The van der Waals surface area contributed by atoms with E-state index in [1.54, 1.807) is 0 Å². The third-order valence-corrected chi connectivity index (χ3v) is 7.00. The summed E-state index contributed by atoms with van der Waals surface area (Å²) >= 11 is 1.12. The van der Waals surface area contributed by atoms with Crippen molar-refractivity contribution in [3.63, 3.8) is 0 Å². The fraction of sp³-hybridized carbons (Fsp3) is 0.522. The van der Waals surface area contributed by atoms with Gasteiger partial charge in [0.05, 0.1) is 18.0 Å². The number of thioether (sulfide) groups is 1. The van der Waals surface area contributed by atoms with E-state index in [1.165, 1.54) is 5.56 Å². The molecule has 3 atom stereocenters. The minimum absolute atomic E-state index is 0.139. The van der Waals surface area contributed by atoms with Gasteiger partial charge in [0.25, 0.3) is 5.24 Å². The molecule has 2 amide bonds. The lowest BCUT2D eigenvalue weighted by molar-refractivity contribution is -0.119. The van der Waals surface area contributed by atoms with Crippen LogP contribution >= 0.6 is 11.8 Å². The Bertz CT molecular complexity index is 926. The van der Waals surface area contributed by atoms with Crippen molar-refractivity contribution in [3.05, 3.63) is 41.3 Å². The van der Waals surface area contributed by atoms with Gasteiger partial charge in [-0.05, 0) is 57.6 Å². The number of hydrogen-bond acceptors (Lipinski definition) is 6. The van der Waals surface area contributed by atoms with Crippen LogP contribution in [0, 0.1) is 19.8 Å². The first-order valence-corrected chi connectivity index (χ1v) is 11.5. The molecule has 2 fully saturated rings. The Labute approximate surface area is 181 Å². The Balaban J connectivity index is 1.28. The molecule has 0 spiro atoms. The smallest absolute Gasteiger partial charge is 0.286 e. The molecule has 30 heavy (non-hydrogen) atoms. The molecule has 1 aliphatic carbocycles. The van der Waals surface area contributed by atoms with Gasteiger partial charge in [-0.1, -0.05) is 42.3 Å². The highest BCUT2D eigenvalue weighted by Gasteiger charge is 2.32. The summed E-state index contributed by atoms with van der Waals surface area (Å²) in [6, 6.07) is 8.13. The second-order valence-corrected chi connectivity index (χ2v) is 9.49. The number of ether oxygens (including phenoxy) is 1. The van der Waals surface area contributed by atoms with Gasteiger partial charge in [0.2, 0.25) is 11.8 Å². The Hall–Kier alpha value is -2.12. The van der Waals surface area contributed by atoms with Crippen molar-refractivity contribution < 1.29 is 18.7 Å². The van der Waals surface area contributed by atoms with Gasteiger partial charge < -0.3 is 9.15 Å². The van der Waals surface area contributed by atoms with Crippen molar-refractivity contribution in [2.24, 2.45) is 5.92 Å². The van der Waals surface area contributed by atoms with Gasteiger partial charge in [-0.25, -0.2) is 4.98 Å². The van der Waals surface area contributed by atoms with Gasteiger partial charge in [-0.2, -0.15) is 0 Å². The van der Waals surface area contributed by atoms with Crippen molar-refractivity contribution in [3.8, 4) is 11.5 Å². The molecule has 1 N–H and O–H groups in total. The fourth-order valence-electron chi connectivity index (χ4n) is 4.29. The first kappa shape index (κ1) is 21.1. The molecule has 1 saturated carbocycles. The molecule has 0 radical (unpaired) electrons. The first-order chi connectivity index (χ1) is 14.5. The molecule has 1 aromatic heterocycles. The van der Waals surface area contributed by atoms with E-state index in [4.69, 9.17) is 9.15 Å². The van der Waals surface area contributed by atoms with E-state index in [2.05, 4.69) is 29.4 Å². The quantitative estimate of drug-likeness (QED) is 0.655. The first-order valence-electron chi connectivity index (χ1n) is 10.6. The number of oxazole rings is 1. The number of hydrogen-bond donors (Lipinski definition) is 1. The van der Waals surface area contributed by atoms with E-state index in [-0.39, 0.29) is 22.5 Å². The van der Waals surface area contributed by atoms with Crippen LogP contribution in [0.2, 0.25) is 0 Å². The molecule has 1 saturated heterocycles. The number of aryl methyl sites for hydroxylation is 2. The van der Waals surface area contributed by atoms with E-state index >= 15 is 0 Å². The third kappa shape index (κ3) is 5.13. The van der Waals surface area contributed by atoms with Crippen LogP contribution in [0.3, 0.4) is 0 Å². The minimum atomic E-state index is -0.225. The summed E-state index contributed by atoms with van der Waals surface area (Å²) in [6.45, 7) is 4.44. The molecule has 7 heteroatoms. The zero-order valence-electron chi connectivity index (χ0n) is 17.5. The zero-order chi connectivity index (χ0) is 21.1. The lowest BCUT2D eigenvalue weighted by Gasteiger charge is -2.29. The maximum Gasteiger partial charge on any atom is 0.286 e. The lowest BCUT2D eigenvalue weighted by atomic mass is 9.84. The zero-order valence-corrected chi connectivity index (χ0v) is 18.3. The molecular weight excluding hydrogens is 400 g/mol. The molecule has 2 aliphatic rings. The summed E-state index contributed by atoms with van der Waals surface area (Å²) in [4.78, 5) is 27.7. The number of rotatable bonds is 7. The number of aromatic nitrogens is 1. The molecular formula is C23H28N2O4S. The Morgan fingerprint density at radius 1 is 1.23 bits per heavy atom. The van der Waals surface area contributed by atoms with Crippen molar-refractivity contribution in [1.82, 2.24) is 10.3 Å². The average molecular weight is 429 g/mol. The highest BCUT2D eigenvalue weighted by Crippen LogP contribution is 2.33. The van der Waals surface area contributed by atoms with Crippen molar-refractivity contribution in [2.45, 2.75) is 70.3 Å². The molecule has 1 aliphatic heterocycles. The predicted octanol–water partition coefficient (Wildman–Crippen LogP) is 5.17. The van der Waals surface area contributed by atoms with E-state index in [0.717, 1.165) is 67.3 Å². The van der Waals surface area contributed by atoms with Crippen molar-refractivity contribution in [1.29, 1.82) is 0 Å². The molecule has 2 heterocycles. The van der Waals surface area contributed by atoms with Gasteiger partial charge in [0, 0.05) is 5.56 Å². The normalized spacial score (nSPS) is 24.3. The molecule has 3 unspecified atom stereocenters. The summed E-state index contributed by atoms with van der Waals surface area (Å²) in [5.74, 6) is 1.83. The molecule has 6 nitrogen and oxygen atoms in total. The van der Waals surface area contributed by atoms with Gasteiger partial charge in [-0.15, -0.1) is 0 Å². The summed E-state index contributed by atoms with van der Waals surface area (Å²) in [7, 11) is 0. The summed E-state index contributed by atoms with van der Waals surface area (Å²) in [5, 5.41) is 1.92. The number of benzene rings is 1. The van der Waals surface area contributed by atoms with Gasteiger partial charge in [-0.3, -0.25) is 14.9 Å². The molecule has 0 bridgehead atoms. The molecule has 4 rings (SSSR count). The standard InChI is InChI=1S/C23H28N2O4S/c1-14-5-3-7-17(11-14)22-24-19(15(2)29-22)13-28-18-8-4-6-16(12-18)9-10-20-21(26)25-23(27)30-20/h3,5,7,11,16,18,20H,4,6,8-10,12-13H2,1-2H3,(H,25,26,27). The minimum Gasteiger partial charge on any atom is -0.441 e. The van der Waals surface area contributed by atoms with Gasteiger partial charge in [0.15, 0.2) is 0 Å². The lowest BCUT2D eigenvalue weighted by Crippen LogP contribution is -2.26. The van der Waals surface area contributed by atoms with Gasteiger partial charge in [0.1, 0.15) is 11.5 Å². The number of amides is 2. The number of carbonyl (C=O) groups is 2. The second kappa shape index (κ2) is 9.35.